The zero-order valence-corrected chi connectivity index (χ0v) is 12.9. The van der Waals surface area contributed by atoms with Gasteiger partial charge < -0.3 is 5.32 Å². The van der Waals surface area contributed by atoms with Gasteiger partial charge in [0.15, 0.2) is 0 Å². The number of rotatable bonds is 3. The molecule has 0 spiro atoms. The van der Waals surface area contributed by atoms with Gasteiger partial charge in [-0.15, -0.1) is 0 Å². The zero-order chi connectivity index (χ0) is 15.6. The third-order valence-electron chi connectivity index (χ3n) is 3.11. The first-order valence-electron chi connectivity index (χ1n) is 6.48. The molecule has 0 radical (unpaired) electrons. The summed E-state index contributed by atoms with van der Waals surface area (Å²) < 4.78 is 1.34. The monoisotopic (exact) mass is 305 g/mol. The average Bonchev–Trinajstić information content (AvgIpc) is 2.37. The minimum Gasteiger partial charge on any atom is -0.324 e. The number of amides is 1. The van der Waals surface area contributed by atoms with Crippen LogP contribution < -0.4 is 11.0 Å². The van der Waals surface area contributed by atoms with Crippen molar-refractivity contribution in [3.8, 4) is 0 Å². The number of nitrogens with zero attached hydrogens (tertiary/aromatic N) is 2. The van der Waals surface area contributed by atoms with Crippen molar-refractivity contribution in [3.63, 3.8) is 0 Å². The molecule has 0 saturated heterocycles. The Labute approximate surface area is 127 Å². The number of hydrogen-bond donors (Lipinski definition) is 1. The normalized spacial score (nSPS) is 10.5. The number of halogens is 1. The van der Waals surface area contributed by atoms with Gasteiger partial charge in [0.2, 0.25) is 5.91 Å². The van der Waals surface area contributed by atoms with E-state index in [1.54, 1.807) is 38.1 Å². The Balaban J connectivity index is 2.18. The largest absolute Gasteiger partial charge is 0.348 e. The van der Waals surface area contributed by atoms with Crippen molar-refractivity contribution in [2.24, 2.45) is 0 Å². The van der Waals surface area contributed by atoms with Crippen LogP contribution in [0.15, 0.2) is 29.1 Å². The Hall–Kier alpha value is -2.14. The van der Waals surface area contributed by atoms with Gasteiger partial charge in [-0.2, -0.15) is 4.98 Å². The van der Waals surface area contributed by atoms with Gasteiger partial charge in [-0.25, -0.2) is 4.79 Å². The number of carbonyl (C=O) groups is 1. The lowest BCUT2D eigenvalue weighted by Gasteiger charge is -2.11. The van der Waals surface area contributed by atoms with Crippen molar-refractivity contribution in [3.05, 3.63) is 56.7 Å². The van der Waals surface area contributed by atoms with Crippen molar-refractivity contribution in [2.45, 2.75) is 27.3 Å². The lowest BCUT2D eigenvalue weighted by atomic mass is 10.2. The first-order chi connectivity index (χ1) is 9.86. The number of carbonyl (C=O) groups excluding carboxylic acids is 1. The van der Waals surface area contributed by atoms with E-state index in [1.807, 2.05) is 6.92 Å². The lowest BCUT2D eigenvalue weighted by molar-refractivity contribution is -0.116. The van der Waals surface area contributed by atoms with Crippen LogP contribution in [0.5, 0.6) is 0 Å². The number of anilines is 1. The molecule has 2 rings (SSSR count). The van der Waals surface area contributed by atoms with E-state index in [1.165, 1.54) is 4.57 Å². The van der Waals surface area contributed by atoms with Crippen LogP contribution in [-0.2, 0) is 11.3 Å². The molecule has 21 heavy (non-hydrogen) atoms. The standard InChI is InChI=1S/C15H16ClN3O2/c1-9-6-12(16)4-5-13(9)18-14(20)8-19-11(3)7-10(2)17-15(19)21/h4-7H,8H2,1-3H3,(H,18,20). The minimum atomic E-state index is -0.421. The summed E-state index contributed by atoms with van der Waals surface area (Å²) in [6.07, 6.45) is 0. The first-order valence-corrected chi connectivity index (χ1v) is 6.85. The molecule has 1 amide bonds. The Morgan fingerprint density at radius 3 is 2.62 bits per heavy atom. The molecule has 5 nitrogen and oxygen atoms in total. The van der Waals surface area contributed by atoms with Crippen LogP contribution >= 0.6 is 11.6 Å². The number of aromatic nitrogens is 2. The van der Waals surface area contributed by atoms with Crippen LogP contribution in [0.2, 0.25) is 5.02 Å². The number of benzene rings is 1. The quantitative estimate of drug-likeness (QED) is 0.947. The van der Waals surface area contributed by atoms with E-state index in [-0.39, 0.29) is 12.5 Å². The number of nitrogens with one attached hydrogen (secondary N) is 1. The molecule has 2 aromatic rings. The first kappa shape index (κ1) is 15.3. The van der Waals surface area contributed by atoms with Crippen LogP contribution in [0.4, 0.5) is 5.69 Å². The fourth-order valence-electron chi connectivity index (χ4n) is 2.07. The highest BCUT2D eigenvalue weighted by atomic mass is 35.5. The molecule has 6 heteroatoms. The molecule has 0 fully saturated rings. The third-order valence-corrected chi connectivity index (χ3v) is 3.35. The summed E-state index contributed by atoms with van der Waals surface area (Å²) >= 11 is 5.87. The maximum Gasteiger partial charge on any atom is 0.348 e. The van der Waals surface area contributed by atoms with Gasteiger partial charge in [0.05, 0.1) is 0 Å². The highest BCUT2D eigenvalue weighted by molar-refractivity contribution is 6.30. The molecule has 0 aliphatic heterocycles. The number of aryl methyl sites for hydroxylation is 3. The average molecular weight is 306 g/mol. The second-order valence-electron chi connectivity index (χ2n) is 4.92. The van der Waals surface area contributed by atoms with E-state index in [0.29, 0.717) is 22.1 Å². The summed E-state index contributed by atoms with van der Waals surface area (Å²) in [7, 11) is 0. The molecule has 0 saturated carbocycles. The van der Waals surface area contributed by atoms with Gasteiger partial charge in [-0.05, 0) is 50.6 Å². The van der Waals surface area contributed by atoms with Gasteiger partial charge in [0.1, 0.15) is 6.54 Å². The van der Waals surface area contributed by atoms with Gasteiger partial charge in [-0.3, -0.25) is 9.36 Å². The minimum absolute atomic E-state index is 0.0694. The Morgan fingerprint density at radius 2 is 2.00 bits per heavy atom. The Kier molecular flexibility index (Phi) is 4.43. The van der Waals surface area contributed by atoms with Crippen LogP contribution in [0.3, 0.4) is 0 Å². The Bertz CT molecular complexity index is 753. The van der Waals surface area contributed by atoms with E-state index in [9.17, 15) is 9.59 Å². The second kappa shape index (κ2) is 6.10. The van der Waals surface area contributed by atoms with Crippen molar-refractivity contribution >= 4 is 23.2 Å². The van der Waals surface area contributed by atoms with Crippen molar-refractivity contribution in [2.75, 3.05) is 5.32 Å². The topological polar surface area (TPSA) is 64.0 Å². The van der Waals surface area contributed by atoms with Crippen molar-refractivity contribution in [1.29, 1.82) is 0 Å². The van der Waals surface area contributed by atoms with Crippen LogP contribution in [0.1, 0.15) is 17.0 Å². The molecule has 1 heterocycles. The summed E-state index contributed by atoms with van der Waals surface area (Å²) in [4.78, 5) is 27.7. The highest BCUT2D eigenvalue weighted by Crippen LogP contribution is 2.19. The molecule has 1 aromatic carbocycles. The SMILES string of the molecule is Cc1cc(C)n(CC(=O)Nc2ccc(Cl)cc2C)c(=O)n1. The van der Waals surface area contributed by atoms with Crippen LogP contribution in [-0.4, -0.2) is 15.5 Å². The van der Waals surface area contributed by atoms with E-state index in [2.05, 4.69) is 10.3 Å². The van der Waals surface area contributed by atoms with Gasteiger partial charge in [0.25, 0.3) is 0 Å². The van der Waals surface area contributed by atoms with E-state index in [0.717, 1.165) is 5.56 Å². The lowest BCUT2D eigenvalue weighted by Crippen LogP contribution is -2.31. The molecule has 0 bridgehead atoms. The smallest absolute Gasteiger partial charge is 0.324 e. The number of hydrogen-bond acceptors (Lipinski definition) is 3. The maximum absolute atomic E-state index is 12.1. The maximum atomic E-state index is 12.1. The predicted molar refractivity (Wildman–Crippen MR) is 82.8 cm³/mol. The van der Waals surface area contributed by atoms with Crippen molar-refractivity contribution in [1.82, 2.24) is 9.55 Å². The van der Waals surface area contributed by atoms with Crippen LogP contribution in [0, 0.1) is 20.8 Å². The summed E-state index contributed by atoms with van der Waals surface area (Å²) in [5.74, 6) is -0.281. The van der Waals surface area contributed by atoms with Gasteiger partial charge in [-0.1, -0.05) is 11.6 Å². The fraction of sp³-hybridized carbons (Fsp3) is 0.267. The molecule has 1 aromatic heterocycles. The van der Waals surface area contributed by atoms with E-state index in [4.69, 9.17) is 11.6 Å². The molecule has 0 unspecified atom stereocenters. The summed E-state index contributed by atoms with van der Waals surface area (Å²) in [5.41, 5.74) is 2.46. The predicted octanol–water partition coefficient (Wildman–Crippen LogP) is 2.46. The second-order valence-corrected chi connectivity index (χ2v) is 5.35. The fourth-order valence-corrected chi connectivity index (χ4v) is 2.29. The van der Waals surface area contributed by atoms with Gasteiger partial charge >= 0.3 is 5.69 Å². The Morgan fingerprint density at radius 1 is 1.29 bits per heavy atom. The van der Waals surface area contributed by atoms with E-state index < -0.39 is 5.69 Å². The summed E-state index contributed by atoms with van der Waals surface area (Å²) in [5, 5.41) is 3.38. The zero-order valence-electron chi connectivity index (χ0n) is 12.1. The molecular weight excluding hydrogens is 290 g/mol. The molecule has 0 aliphatic carbocycles. The molecule has 0 atom stereocenters. The molecule has 1 N–H and O–H groups in total. The van der Waals surface area contributed by atoms with E-state index >= 15 is 0 Å². The summed E-state index contributed by atoms with van der Waals surface area (Å²) in [6.45, 7) is 5.30. The van der Waals surface area contributed by atoms with Crippen LogP contribution in [0.25, 0.3) is 0 Å². The van der Waals surface area contributed by atoms with Crippen molar-refractivity contribution < 1.29 is 4.79 Å². The molecular formula is C15H16ClN3O2. The van der Waals surface area contributed by atoms with Gasteiger partial charge in [0, 0.05) is 22.1 Å². The molecule has 0 aliphatic rings. The summed E-state index contributed by atoms with van der Waals surface area (Å²) in [6, 6.07) is 6.97. The molecule has 110 valence electrons. The highest BCUT2D eigenvalue weighted by Gasteiger charge is 2.10. The third kappa shape index (κ3) is 3.70.